The van der Waals surface area contributed by atoms with Crippen LogP contribution in [0, 0.1) is 0 Å². The van der Waals surface area contributed by atoms with Gasteiger partial charge < -0.3 is 0 Å². The van der Waals surface area contributed by atoms with Gasteiger partial charge in [0, 0.05) is 18.0 Å². The third-order valence-electron chi connectivity index (χ3n) is 1.89. The van der Waals surface area contributed by atoms with E-state index in [1.807, 2.05) is 30.3 Å². The zero-order chi connectivity index (χ0) is 9.80. The maximum atomic E-state index is 5.16. The fraction of sp³-hybridized carbons (Fsp3) is 0. The molecule has 0 radical (unpaired) electrons. The minimum Gasteiger partial charge on any atom is -0.292 e. The molecule has 0 fully saturated rings. The highest BCUT2D eigenvalue weighted by Gasteiger charge is 1.97. The third-order valence-corrected chi connectivity index (χ3v) is 1.89. The molecule has 0 unspecified atom stereocenters. The van der Waals surface area contributed by atoms with Gasteiger partial charge >= 0.3 is 0 Å². The molecule has 2 aromatic rings. The summed E-state index contributed by atoms with van der Waals surface area (Å²) in [5.41, 5.74) is 4.45. The van der Waals surface area contributed by atoms with Crippen LogP contribution in [0.25, 0.3) is 11.1 Å². The monoisotopic (exact) mass is 186 g/mol. The van der Waals surface area contributed by atoms with Crippen LogP contribution in [0.1, 0.15) is 0 Å². The number of anilines is 1. The summed E-state index contributed by atoms with van der Waals surface area (Å²) < 4.78 is 0. The highest BCUT2D eigenvalue weighted by Crippen LogP contribution is 2.16. The quantitative estimate of drug-likeness (QED) is 0.550. The molecule has 1 aromatic carbocycles. The number of rotatable bonds is 2. The van der Waals surface area contributed by atoms with Crippen molar-refractivity contribution in [2.24, 2.45) is 5.84 Å². The van der Waals surface area contributed by atoms with Crippen LogP contribution in [0.2, 0.25) is 0 Å². The highest BCUT2D eigenvalue weighted by molar-refractivity contribution is 5.61. The van der Waals surface area contributed by atoms with Crippen LogP contribution in [-0.4, -0.2) is 9.97 Å². The summed E-state index contributed by atoms with van der Waals surface area (Å²) >= 11 is 0. The lowest BCUT2D eigenvalue weighted by atomic mass is 10.1. The predicted octanol–water partition coefficient (Wildman–Crippen LogP) is 1.43. The number of nitrogens with one attached hydrogen (secondary N) is 1. The van der Waals surface area contributed by atoms with Crippen molar-refractivity contribution < 1.29 is 0 Å². The summed E-state index contributed by atoms with van der Waals surface area (Å²) in [7, 11) is 0. The van der Waals surface area contributed by atoms with Gasteiger partial charge in [-0.1, -0.05) is 30.3 Å². The normalized spacial score (nSPS) is 9.79. The van der Waals surface area contributed by atoms with Gasteiger partial charge in [0.25, 0.3) is 0 Å². The number of nitrogens with two attached hydrogens (primary N) is 1. The Hall–Kier alpha value is -1.94. The maximum Gasteiger partial charge on any atom is 0.237 e. The minimum absolute atomic E-state index is 0.421. The molecule has 4 nitrogen and oxygen atoms in total. The van der Waals surface area contributed by atoms with Crippen molar-refractivity contribution in [2.75, 3.05) is 5.43 Å². The van der Waals surface area contributed by atoms with Gasteiger partial charge in [0.05, 0.1) is 0 Å². The third kappa shape index (κ3) is 1.70. The zero-order valence-corrected chi connectivity index (χ0v) is 7.51. The molecule has 1 aromatic heterocycles. The van der Waals surface area contributed by atoms with E-state index in [0.29, 0.717) is 5.95 Å². The predicted molar refractivity (Wildman–Crippen MR) is 55.3 cm³/mol. The van der Waals surface area contributed by atoms with E-state index in [-0.39, 0.29) is 0 Å². The average Bonchev–Trinajstić information content (AvgIpc) is 2.30. The van der Waals surface area contributed by atoms with E-state index in [1.54, 1.807) is 12.4 Å². The number of hydrazine groups is 1. The Morgan fingerprint density at radius 1 is 0.929 bits per heavy atom. The van der Waals surface area contributed by atoms with Crippen molar-refractivity contribution in [1.82, 2.24) is 9.97 Å². The molecule has 0 aliphatic heterocycles. The van der Waals surface area contributed by atoms with Crippen molar-refractivity contribution in [3.63, 3.8) is 0 Å². The van der Waals surface area contributed by atoms with Crippen molar-refractivity contribution >= 4 is 5.95 Å². The Kier molecular flexibility index (Phi) is 2.38. The molecular weight excluding hydrogens is 176 g/mol. The van der Waals surface area contributed by atoms with Crippen LogP contribution in [0.4, 0.5) is 5.95 Å². The fourth-order valence-corrected chi connectivity index (χ4v) is 1.18. The minimum atomic E-state index is 0.421. The first-order valence-electron chi connectivity index (χ1n) is 4.24. The van der Waals surface area contributed by atoms with Gasteiger partial charge in [-0.3, -0.25) is 5.43 Å². The highest BCUT2D eigenvalue weighted by atomic mass is 15.3. The van der Waals surface area contributed by atoms with Crippen molar-refractivity contribution in [3.05, 3.63) is 42.7 Å². The molecule has 0 spiro atoms. The number of nitrogens with zero attached hydrogens (tertiary/aromatic N) is 2. The Morgan fingerprint density at radius 2 is 1.57 bits per heavy atom. The molecule has 1 heterocycles. The first-order chi connectivity index (χ1) is 6.90. The van der Waals surface area contributed by atoms with Gasteiger partial charge in [-0.05, 0) is 5.56 Å². The Balaban J connectivity index is 2.34. The Bertz CT molecular complexity index is 396. The fourth-order valence-electron chi connectivity index (χ4n) is 1.18. The molecule has 0 aliphatic rings. The van der Waals surface area contributed by atoms with Crippen LogP contribution >= 0.6 is 0 Å². The van der Waals surface area contributed by atoms with Crippen LogP contribution < -0.4 is 11.3 Å². The van der Waals surface area contributed by atoms with E-state index < -0.39 is 0 Å². The van der Waals surface area contributed by atoms with E-state index in [0.717, 1.165) is 11.1 Å². The van der Waals surface area contributed by atoms with Gasteiger partial charge in [0.1, 0.15) is 0 Å². The number of nitrogen functional groups attached to an aromatic ring is 1. The summed E-state index contributed by atoms with van der Waals surface area (Å²) in [6.45, 7) is 0. The van der Waals surface area contributed by atoms with Crippen LogP contribution in [0.3, 0.4) is 0 Å². The molecule has 0 saturated heterocycles. The van der Waals surface area contributed by atoms with Gasteiger partial charge in [0.15, 0.2) is 0 Å². The van der Waals surface area contributed by atoms with E-state index in [1.165, 1.54) is 0 Å². The van der Waals surface area contributed by atoms with E-state index in [4.69, 9.17) is 5.84 Å². The van der Waals surface area contributed by atoms with E-state index >= 15 is 0 Å². The van der Waals surface area contributed by atoms with Crippen LogP contribution in [-0.2, 0) is 0 Å². The lowest BCUT2D eigenvalue weighted by Gasteiger charge is -2.01. The van der Waals surface area contributed by atoms with Gasteiger partial charge in [-0.15, -0.1) is 0 Å². The number of benzene rings is 1. The van der Waals surface area contributed by atoms with Gasteiger partial charge in [-0.25, -0.2) is 15.8 Å². The molecule has 4 heteroatoms. The smallest absolute Gasteiger partial charge is 0.237 e. The molecule has 70 valence electrons. The first-order valence-corrected chi connectivity index (χ1v) is 4.24. The second-order valence-electron chi connectivity index (χ2n) is 2.81. The average molecular weight is 186 g/mol. The molecule has 0 saturated carbocycles. The number of hydrogen-bond donors (Lipinski definition) is 2. The van der Waals surface area contributed by atoms with Gasteiger partial charge in [0.2, 0.25) is 5.95 Å². The molecular formula is C10H10N4. The lowest BCUT2D eigenvalue weighted by Crippen LogP contribution is -2.09. The molecule has 0 aliphatic carbocycles. The molecule has 2 rings (SSSR count). The summed E-state index contributed by atoms with van der Waals surface area (Å²) in [5.74, 6) is 5.58. The van der Waals surface area contributed by atoms with Crippen molar-refractivity contribution in [2.45, 2.75) is 0 Å². The Labute approximate surface area is 81.8 Å². The molecule has 0 bridgehead atoms. The largest absolute Gasteiger partial charge is 0.292 e. The topological polar surface area (TPSA) is 63.8 Å². The first kappa shape index (κ1) is 8.65. The van der Waals surface area contributed by atoms with Crippen LogP contribution in [0.15, 0.2) is 42.7 Å². The maximum absolute atomic E-state index is 5.16. The summed E-state index contributed by atoms with van der Waals surface area (Å²) in [6, 6.07) is 9.94. The van der Waals surface area contributed by atoms with Crippen molar-refractivity contribution in [1.29, 1.82) is 0 Å². The summed E-state index contributed by atoms with van der Waals surface area (Å²) in [5, 5.41) is 0. The lowest BCUT2D eigenvalue weighted by molar-refractivity contribution is 1.12. The van der Waals surface area contributed by atoms with Gasteiger partial charge in [-0.2, -0.15) is 0 Å². The molecule has 14 heavy (non-hydrogen) atoms. The second-order valence-corrected chi connectivity index (χ2v) is 2.81. The number of aromatic nitrogens is 2. The zero-order valence-electron chi connectivity index (χ0n) is 7.51. The van der Waals surface area contributed by atoms with E-state index in [2.05, 4.69) is 15.4 Å². The molecule has 0 amide bonds. The Morgan fingerprint density at radius 3 is 2.14 bits per heavy atom. The molecule has 3 N–H and O–H groups in total. The van der Waals surface area contributed by atoms with Crippen molar-refractivity contribution in [3.8, 4) is 11.1 Å². The number of hydrogen-bond acceptors (Lipinski definition) is 4. The second kappa shape index (κ2) is 3.85. The van der Waals surface area contributed by atoms with Crippen LogP contribution in [0.5, 0.6) is 0 Å². The molecule has 0 atom stereocenters. The summed E-state index contributed by atoms with van der Waals surface area (Å²) in [6.07, 6.45) is 3.47. The summed E-state index contributed by atoms with van der Waals surface area (Å²) in [4.78, 5) is 8.05. The SMILES string of the molecule is NNc1ncc(-c2ccccc2)cn1. The van der Waals surface area contributed by atoms with E-state index in [9.17, 15) is 0 Å². The standard InChI is InChI=1S/C10H10N4/c11-14-10-12-6-9(7-13-10)8-4-2-1-3-5-8/h1-7H,11H2,(H,12,13,14).